The van der Waals surface area contributed by atoms with E-state index in [1.165, 1.54) is 7.11 Å². The molecule has 4 nitrogen and oxygen atoms in total. The smallest absolute Gasteiger partial charge is 0.308 e. The van der Waals surface area contributed by atoms with E-state index in [9.17, 15) is 9.90 Å². The van der Waals surface area contributed by atoms with Crippen LogP contribution in [0.4, 0.5) is 0 Å². The SMILES string of the molecule is COC(=O)CC1(O)CCOCC1. The zero-order valence-corrected chi connectivity index (χ0v) is 7.21. The molecule has 0 aliphatic carbocycles. The summed E-state index contributed by atoms with van der Waals surface area (Å²) >= 11 is 0. The number of hydrogen-bond donors (Lipinski definition) is 1. The molecule has 1 rings (SSSR count). The summed E-state index contributed by atoms with van der Waals surface area (Å²) in [4.78, 5) is 10.9. The van der Waals surface area contributed by atoms with E-state index >= 15 is 0 Å². The Morgan fingerprint density at radius 2 is 2.17 bits per heavy atom. The molecule has 0 aromatic rings. The molecule has 0 unspecified atom stereocenters. The highest BCUT2D eigenvalue weighted by molar-refractivity contribution is 5.70. The van der Waals surface area contributed by atoms with Crippen LogP contribution in [-0.4, -0.2) is 37.0 Å². The molecule has 0 bridgehead atoms. The summed E-state index contributed by atoms with van der Waals surface area (Å²) in [6, 6.07) is 0. The second-order valence-corrected chi connectivity index (χ2v) is 3.09. The zero-order chi connectivity index (χ0) is 9.03. The van der Waals surface area contributed by atoms with Gasteiger partial charge in [0.1, 0.15) is 0 Å². The topological polar surface area (TPSA) is 55.8 Å². The lowest BCUT2D eigenvalue weighted by Gasteiger charge is -2.30. The third-order valence-electron chi connectivity index (χ3n) is 2.12. The van der Waals surface area contributed by atoms with E-state index in [0.29, 0.717) is 26.1 Å². The van der Waals surface area contributed by atoms with Gasteiger partial charge in [-0.25, -0.2) is 0 Å². The van der Waals surface area contributed by atoms with Crippen LogP contribution in [0, 0.1) is 0 Å². The molecular formula is C8H14O4. The first-order valence-electron chi connectivity index (χ1n) is 4.03. The summed E-state index contributed by atoms with van der Waals surface area (Å²) in [5.74, 6) is -0.362. The molecule has 0 spiro atoms. The van der Waals surface area contributed by atoms with Gasteiger partial charge in [0.2, 0.25) is 0 Å². The highest BCUT2D eigenvalue weighted by Crippen LogP contribution is 2.24. The number of hydrogen-bond acceptors (Lipinski definition) is 4. The maximum Gasteiger partial charge on any atom is 0.308 e. The summed E-state index contributed by atoms with van der Waals surface area (Å²) in [7, 11) is 1.32. The Hall–Kier alpha value is -0.610. The van der Waals surface area contributed by atoms with Gasteiger partial charge in [-0.3, -0.25) is 4.79 Å². The first-order valence-corrected chi connectivity index (χ1v) is 4.03. The molecule has 1 fully saturated rings. The molecule has 0 atom stereocenters. The molecule has 1 aliphatic rings. The number of aliphatic hydroxyl groups is 1. The molecule has 0 aromatic heterocycles. The Kier molecular flexibility index (Phi) is 3.05. The molecule has 0 aromatic carbocycles. The molecular weight excluding hydrogens is 160 g/mol. The van der Waals surface area contributed by atoms with Crippen molar-refractivity contribution < 1.29 is 19.4 Å². The monoisotopic (exact) mass is 174 g/mol. The minimum absolute atomic E-state index is 0.0762. The fraction of sp³-hybridized carbons (Fsp3) is 0.875. The van der Waals surface area contributed by atoms with Gasteiger partial charge in [-0.2, -0.15) is 0 Å². The van der Waals surface area contributed by atoms with Crippen LogP contribution < -0.4 is 0 Å². The van der Waals surface area contributed by atoms with E-state index in [0.717, 1.165) is 0 Å². The Balaban J connectivity index is 2.41. The number of ether oxygens (including phenoxy) is 2. The van der Waals surface area contributed by atoms with Crippen molar-refractivity contribution in [1.82, 2.24) is 0 Å². The summed E-state index contributed by atoms with van der Waals surface area (Å²) in [5.41, 5.74) is -0.897. The van der Waals surface area contributed by atoms with E-state index in [-0.39, 0.29) is 12.4 Å². The van der Waals surface area contributed by atoms with Crippen molar-refractivity contribution in [2.45, 2.75) is 24.9 Å². The second kappa shape index (κ2) is 3.87. The molecule has 1 aliphatic heterocycles. The van der Waals surface area contributed by atoms with Gasteiger partial charge in [0, 0.05) is 26.1 Å². The first kappa shape index (κ1) is 9.48. The summed E-state index contributed by atoms with van der Waals surface area (Å²) in [5, 5.41) is 9.79. The van der Waals surface area contributed by atoms with Gasteiger partial charge in [0.15, 0.2) is 0 Å². The van der Waals surface area contributed by atoms with Gasteiger partial charge in [0.25, 0.3) is 0 Å². The Morgan fingerprint density at radius 3 is 2.67 bits per heavy atom. The molecule has 0 saturated carbocycles. The minimum Gasteiger partial charge on any atom is -0.469 e. The highest BCUT2D eigenvalue weighted by atomic mass is 16.5. The third kappa shape index (κ3) is 2.46. The average molecular weight is 174 g/mol. The van der Waals surface area contributed by atoms with Crippen LogP contribution in [0.3, 0.4) is 0 Å². The largest absolute Gasteiger partial charge is 0.469 e. The molecule has 0 amide bonds. The lowest BCUT2D eigenvalue weighted by molar-refractivity contribution is -0.150. The van der Waals surface area contributed by atoms with Crippen LogP contribution in [0.1, 0.15) is 19.3 Å². The van der Waals surface area contributed by atoms with Crippen LogP contribution in [0.5, 0.6) is 0 Å². The predicted molar refractivity (Wildman–Crippen MR) is 41.6 cm³/mol. The number of esters is 1. The van der Waals surface area contributed by atoms with Crippen LogP contribution >= 0.6 is 0 Å². The van der Waals surface area contributed by atoms with Crippen molar-refractivity contribution in [2.75, 3.05) is 20.3 Å². The number of methoxy groups -OCH3 is 1. The van der Waals surface area contributed by atoms with Crippen molar-refractivity contribution in [2.24, 2.45) is 0 Å². The standard InChI is InChI=1S/C8H14O4/c1-11-7(9)6-8(10)2-4-12-5-3-8/h10H,2-6H2,1H3. The van der Waals surface area contributed by atoms with E-state index in [2.05, 4.69) is 4.74 Å². The molecule has 12 heavy (non-hydrogen) atoms. The molecule has 70 valence electrons. The molecule has 0 radical (unpaired) electrons. The van der Waals surface area contributed by atoms with Gasteiger partial charge in [-0.1, -0.05) is 0 Å². The van der Waals surface area contributed by atoms with E-state index in [4.69, 9.17) is 4.74 Å². The maximum atomic E-state index is 10.9. The van der Waals surface area contributed by atoms with Crippen LogP contribution in [0.15, 0.2) is 0 Å². The van der Waals surface area contributed by atoms with Crippen LogP contribution in [0.25, 0.3) is 0 Å². The normalized spacial score (nSPS) is 21.8. The fourth-order valence-corrected chi connectivity index (χ4v) is 1.27. The van der Waals surface area contributed by atoms with Gasteiger partial charge in [-0.05, 0) is 0 Å². The molecule has 1 saturated heterocycles. The molecule has 1 N–H and O–H groups in total. The lowest BCUT2D eigenvalue weighted by atomic mass is 9.91. The minimum atomic E-state index is -0.897. The van der Waals surface area contributed by atoms with Gasteiger partial charge < -0.3 is 14.6 Å². The van der Waals surface area contributed by atoms with Crippen molar-refractivity contribution in [3.8, 4) is 0 Å². The van der Waals surface area contributed by atoms with E-state index < -0.39 is 5.60 Å². The summed E-state index contributed by atoms with van der Waals surface area (Å²) < 4.78 is 9.55. The van der Waals surface area contributed by atoms with Crippen LogP contribution in [0.2, 0.25) is 0 Å². The molecule has 4 heteroatoms. The van der Waals surface area contributed by atoms with Gasteiger partial charge in [-0.15, -0.1) is 0 Å². The number of carbonyl (C=O) groups is 1. The maximum absolute atomic E-state index is 10.9. The lowest BCUT2D eigenvalue weighted by Crippen LogP contribution is -2.38. The Morgan fingerprint density at radius 1 is 1.58 bits per heavy atom. The van der Waals surface area contributed by atoms with Crippen molar-refractivity contribution in [3.63, 3.8) is 0 Å². The quantitative estimate of drug-likeness (QED) is 0.603. The zero-order valence-electron chi connectivity index (χ0n) is 7.21. The van der Waals surface area contributed by atoms with Crippen molar-refractivity contribution in [1.29, 1.82) is 0 Å². The van der Waals surface area contributed by atoms with Gasteiger partial charge in [0.05, 0.1) is 19.1 Å². The van der Waals surface area contributed by atoms with Crippen LogP contribution in [-0.2, 0) is 14.3 Å². The Labute approximate surface area is 71.5 Å². The predicted octanol–water partition coefficient (Wildman–Crippen LogP) is 0.0910. The average Bonchev–Trinajstić information content (AvgIpc) is 2.05. The van der Waals surface area contributed by atoms with Crippen molar-refractivity contribution >= 4 is 5.97 Å². The highest BCUT2D eigenvalue weighted by Gasteiger charge is 2.32. The number of carbonyl (C=O) groups excluding carboxylic acids is 1. The second-order valence-electron chi connectivity index (χ2n) is 3.09. The fourth-order valence-electron chi connectivity index (χ4n) is 1.27. The summed E-state index contributed by atoms with van der Waals surface area (Å²) in [6.45, 7) is 1.04. The number of rotatable bonds is 2. The summed E-state index contributed by atoms with van der Waals surface area (Å²) in [6.07, 6.45) is 1.11. The first-order chi connectivity index (χ1) is 5.66. The Bertz CT molecular complexity index is 160. The molecule has 1 heterocycles. The third-order valence-corrected chi connectivity index (χ3v) is 2.12. The van der Waals surface area contributed by atoms with Gasteiger partial charge >= 0.3 is 5.97 Å². The van der Waals surface area contributed by atoms with E-state index in [1.807, 2.05) is 0 Å². The van der Waals surface area contributed by atoms with E-state index in [1.54, 1.807) is 0 Å². The van der Waals surface area contributed by atoms with Crippen molar-refractivity contribution in [3.05, 3.63) is 0 Å².